The summed E-state index contributed by atoms with van der Waals surface area (Å²) in [4.78, 5) is 0. The van der Waals surface area contributed by atoms with E-state index >= 15 is 0 Å². The summed E-state index contributed by atoms with van der Waals surface area (Å²) in [5, 5.41) is 2.59. The molecule has 0 nitrogen and oxygen atoms in total. The molecule has 1 heteroatoms. The summed E-state index contributed by atoms with van der Waals surface area (Å²) >= 11 is 0. The number of rotatable bonds is 2. The Labute approximate surface area is 98.0 Å². The Morgan fingerprint density at radius 2 is 1.19 bits per heavy atom. The molecule has 0 aromatic heterocycles. The first kappa shape index (κ1) is 10.7. The summed E-state index contributed by atoms with van der Waals surface area (Å²) in [5.41, 5.74) is 3.05. The Hall–Kier alpha value is -1.78. The molecule has 0 N–H and O–H groups in total. The van der Waals surface area contributed by atoms with Crippen LogP contribution in [0.3, 0.4) is 0 Å². The second-order valence-electron chi connectivity index (χ2n) is 4.00. The standard InChI is InChI=1S/C15H14Si/c1-3-16(2,14-10-6-4-7-11-14)15-12-8-5-9-13-15/h1,4-13H,2H3. The Balaban J connectivity index is 2.55. The monoisotopic (exact) mass is 222 g/mol. The maximum absolute atomic E-state index is 5.78. The molecule has 0 radical (unpaired) electrons. The SMILES string of the molecule is C#C[Si](C)(c1ccccc1)c1ccccc1. The average molecular weight is 222 g/mol. The predicted octanol–water partition coefficient (Wildman–Crippen LogP) is 2.05. The van der Waals surface area contributed by atoms with E-state index in [0.717, 1.165) is 0 Å². The molecule has 0 saturated heterocycles. The van der Waals surface area contributed by atoms with Gasteiger partial charge in [0.15, 0.2) is 8.07 Å². The molecule has 0 heterocycles. The summed E-state index contributed by atoms with van der Waals surface area (Å²) in [6, 6.07) is 20.8. The molecule has 0 atom stereocenters. The molecule has 0 fully saturated rings. The van der Waals surface area contributed by atoms with Crippen molar-refractivity contribution >= 4 is 18.4 Å². The minimum atomic E-state index is -1.95. The van der Waals surface area contributed by atoms with Crippen molar-refractivity contribution in [3.8, 4) is 12.0 Å². The Morgan fingerprint density at radius 1 is 0.812 bits per heavy atom. The fourth-order valence-corrected chi connectivity index (χ4v) is 4.26. The number of terminal acetylenes is 1. The van der Waals surface area contributed by atoms with Gasteiger partial charge in [-0.05, 0) is 10.4 Å². The van der Waals surface area contributed by atoms with Crippen LogP contribution in [0.2, 0.25) is 6.55 Å². The van der Waals surface area contributed by atoms with Gasteiger partial charge in [-0.3, -0.25) is 0 Å². The molecule has 0 spiro atoms. The lowest BCUT2D eigenvalue weighted by Crippen LogP contribution is -2.54. The third-order valence-electron chi connectivity index (χ3n) is 2.99. The summed E-state index contributed by atoms with van der Waals surface area (Å²) < 4.78 is 0. The minimum absolute atomic E-state index is 1.30. The highest BCUT2D eigenvalue weighted by molar-refractivity contribution is 7.07. The van der Waals surface area contributed by atoms with Crippen LogP contribution in [0.4, 0.5) is 0 Å². The van der Waals surface area contributed by atoms with E-state index in [0.29, 0.717) is 0 Å². The lowest BCUT2D eigenvalue weighted by Gasteiger charge is -2.21. The zero-order chi connectivity index (χ0) is 11.4. The van der Waals surface area contributed by atoms with Crippen molar-refractivity contribution in [1.82, 2.24) is 0 Å². The maximum atomic E-state index is 5.78. The van der Waals surface area contributed by atoms with Gasteiger partial charge in [-0.15, -0.1) is 12.0 Å². The zero-order valence-electron chi connectivity index (χ0n) is 9.35. The first-order valence-corrected chi connectivity index (χ1v) is 7.86. The highest BCUT2D eigenvalue weighted by atomic mass is 28.3. The highest BCUT2D eigenvalue weighted by Gasteiger charge is 2.29. The van der Waals surface area contributed by atoms with Gasteiger partial charge >= 0.3 is 0 Å². The topological polar surface area (TPSA) is 0 Å². The molecular formula is C15H14Si. The molecule has 2 aromatic carbocycles. The van der Waals surface area contributed by atoms with Crippen LogP contribution in [0, 0.1) is 12.0 Å². The number of hydrogen-bond donors (Lipinski definition) is 0. The van der Waals surface area contributed by atoms with Crippen LogP contribution in [0.15, 0.2) is 60.7 Å². The van der Waals surface area contributed by atoms with E-state index in [1.165, 1.54) is 10.4 Å². The molecule has 0 unspecified atom stereocenters. The van der Waals surface area contributed by atoms with Crippen molar-refractivity contribution in [2.45, 2.75) is 6.55 Å². The van der Waals surface area contributed by atoms with Crippen LogP contribution in [-0.2, 0) is 0 Å². The smallest absolute Gasteiger partial charge is 0.126 e. The van der Waals surface area contributed by atoms with Crippen LogP contribution in [0.5, 0.6) is 0 Å². The zero-order valence-corrected chi connectivity index (χ0v) is 10.4. The fourth-order valence-electron chi connectivity index (χ4n) is 1.88. The van der Waals surface area contributed by atoms with E-state index in [4.69, 9.17) is 6.42 Å². The van der Waals surface area contributed by atoms with E-state index in [2.05, 4.69) is 60.6 Å². The summed E-state index contributed by atoms with van der Waals surface area (Å²) in [6.07, 6.45) is 5.78. The van der Waals surface area contributed by atoms with Crippen molar-refractivity contribution in [2.24, 2.45) is 0 Å². The molecule has 0 saturated carbocycles. The van der Waals surface area contributed by atoms with E-state index < -0.39 is 8.07 Å². The van der Waals surface area contributed by atoms with Gasteiger partial charge in [-0.2, -0.15) is 0 Å². The largest absolute Gasteiger partial charge is 0.195 e. The molecule has 0 bridgehead atoms. The summed E-state index contributed by atoms with van der Waals surface area (Å²) in [6.45, 7) is 2.22. The van der Waals surface area contributed by atoms with Crippen LogP contribution >= 0.6 is 0 Å². The minimum Gasteiger partial charge on any atom is -0.126 e. The molecule has 0 aliphatic rings. The highest BCUT2D eigenvalue weighted by Crippen LogP contribution is 2.03. The Kier molecular flexibility index (Phi) is 2.94. The second kappa shape index (κ2) is 4.38. The van der Waals surface area contributed by atoms with Crippen molar-refractivity contribution in [3.63, 3.8) is 0 Å². The van der Waals surface area contributed by atoms with Crippen molar-refractivity contribution in [1.29, 1.82) is 0 Å². The lowest BCUT2D eigenvalue weighted by atomic mass is 10.4. The van der Waals surface area contributed by atoms with E-state index in [-0.39, 0.29) is 0 Å². The van der Waals surface area contributed by atoms with Crippen molar-refractivity contribution < 1.29 is 0 Å². The number of hydrogen-bond acceptors (Lipinski definition) is 0. The normalized spacial score (nSPS) is 10.8. The van der Waals surface area contributed by atoms with Crippen molar-refractivity contribution in [3.05, 3.63) is 60.7 Å². The maximum Gasteiger partial charge on any atom is 0.195 e. The van der Waals surface area contributed by atoms with Gasteiger partial charge in [-0.25, -0.2) is 0 Å². The molecule has 2 aromatic rings. The first-order valence-electron chi connectivity index (χ1n) is 5.36. The van der Waals surface area contributed by atoms with Gasteiger partial charge in [0.05, 0.1) is 0 Å². The van der Waals surface area contributed by atoms with Crippen LogP contribution in [0.25, 0.3) is 0 Å². The second-order valence-corrected chi connectivity index (χ2v) is 7.69. The third-order valence-corrected chi connectivity index (χ3v) is 6.54. The van der Waals surface area contributed by atoms with Gasteiger partial charge in [0.25, 0.3) is 0 Å². The number of benzene rings is 2. The quantitative estimate of drug-likeness (QED) is 0.539. The van der Waals surface area contributed by atoms with Gasteiger partial charge < -0.3 is 0 Å². The average Bonchev–Trinajstić information content (AvgIpc) is 2.40. The Bertz CT molecular complexity index is 454. The third kappa shape index (κ3) is 1.80. The van der Waals surface area contributed by atoms with E-state index in [9.17, 15) is 0 Å². The molecule has 0 aliphatic heterocycles. The van der Waals surface area contributed by atoms with E-state index in [1.54, 1.807) is 0 Å². The molecule has 0 amide bonds. The molecule has 2 rings (SSSR count). The predicted molar refractivity (Wildman–Crippen MR) is 72.6 cm³/mol. The molecule has 0 aliphatic carbocycles. The first-order chi connectivity index (χ1) is 7.77. The molecule has 16 heavy (non-hydrogen) atoms. The van der Waals surface area contributed by atoms with Gasteiger partial charge in [0.1, 0.15) is 0 Å². The lowest BCUT2D eigenvalue weighted by molar-refractivity contribution is 1.70. The Morgan fingerprint density at radius 3 is 1.50 bits per heavy atom. The van der Waals surface area contributed by atoms with Gasteiger partial charge in [0, 0.05) is 0 Å². The molecule has 78 valence electrons. The van der Waals surface area contributed by atoms with E-state index in [1.807, 2.05) is 12.1 Å². The molecular weight excluding hydrogens is 208 g/mol. The van der Waals surface area contributed by atoms with Crippen molar-refractivity contribution in [2.75, 3.05) is 0 Å². The van der Waals surface area contributed by atoms with Gasteiger partial charge in [-0.1, -0.05) is 67.2 Å². The van der Waals surface area contributed by atoms with Crippen LogP contribution in [-0.4, -0.2) is 8.07 Å². The van der Waals surface area contributed by atoms with Crippen LogP contribution in [0.1, 0.15) is 0 Å². The van der Waals surface area contributed by atoms with Crippen LogP contribution < -0.4 is 10.4 Å². The van der Waals surface area contributed by atoms with Gasteiger partial charge in [0.2, 0.25) is 0 Å². The fraction of sp³-hybridized carbons (Fsp3) is 0.0667. The summed E-state index contributed by atoms with van der Waals surface area (Å²) in [5.74, 6) is 0. The summed E-state index contributed by atoms with van der Waals surface area (Å²) in [7, 11) is -1.95.